The summed E-state index contributed by atoms with van der Waals surface area (Å²) < 4.78 is 5.37. The van der Waals surface area contributed by atoms with Crippen molar-refractivity contribution in [2.45, 2.75) is 58.4 Å². The van der Waals surface area contributed by atoms with Gasteiger partial charge < -0.3 is 10.1 Å². The van der Waals surface area contributed by atoms with Gasteiger partial charge in [-0.1, -0.05) is 32.8 Å². The van der Waals surface area contributed by atoms with Crippen LogP contribution in [0.1, 0.15) is 63.1 Å². The van der Waals surface area contributed by atoms with Crippen LogP contribution in [0.2, 0.25) is 0 Å². The van der Waals surface area contributed by atoms with E-state index in [0.29, 0.717) is 6.04 Å². The van der Waals surface area contributed by atoms with Crippen LogP contribution in [-0.2, 0) is 6.42 Å². The molecule has 1 aliphatic carbocycles. The molecule has 1 atom stereocenters. The minimum Gasteiger partial charge on any atom is -0.497 e. The van der Waals surface area contributed by atoms with Crippen LogP contribution in [0.3, 0.4) is 0 Å². The SMILES string of the molecule is COc1ccc2c(c1)C(NCCCCC(C)C)CCC2. The molecule has 1 aromatic carbocycles. The highest BCUT2D eigenvalue weighted by Crippen LogP contribution is 2.32. The van der Waals surface area contributed by atoms with Crippen molar-refractivity contribution >= 4 is 0 Å². The molecule has 112 valence electrons. The molecular formula is C18H29NO. The van der Waals surface area contributed by atoms with Gasteiger partial charge in [-0.05, 0) is 61.4 Å². The molecule has 0 heterocycles. The van der Waals surface area contributed by atoms with Gasteiger partial charge in [-0.25, -0.2) is 0 Å². The number of fused-ring (bicyclic) bond motifs is 1. The van der Waals surface area contributed by atoms with Gasteiger partial charge in [0.05, 0.1) is 7.11 Å². The number of hydrogen-bond donors (Lipinski definition) is 1. The van der Waals surface area contributed by atoms with Crippen molar-refractivity contribution in [2.75, 3.05) is 13.7 Å². The van der Waals surface area contributed by atoms with Crippen LogP contribution in [-0.4, -0.2) is 13.7 Å². The molecule has 2 nitrogen and oxygen atoms in total. The molecule has 0 aromatic heterocycles. The number of rotatable bonds is 7. The van der Waals surface area contributed by atoms with E-state index in [1.807, 2.05) is 0 Å². The Balaban J connectivity index is 1.87. The zero-order chi connectivity index (χ0) is 14.4. The molecule has 0 bridgehead atoms. The largest absolute Gasteiger partial charge is 0.497 e. The predicted octanol–water partition coefficient (Wildman–Crippen LogP) is 4.49. The molecule has 0 radical (unpaired) electrons. The number of methoxy groups -OCH3 is 1. The van der Waals surface area contributed by atoms with E-state index in [2.05, 4.69) is 37.4 Å². The maximum atomic E-state index is 5.37. The van der Waals surface area contributed by atoms with E-state index in [1.54, 1.807) is 7.11 Å². The standard InChI is InChI=1S/C18H29NO/c1-14(2)7-4-5-12-19-18-9-6-8-15-10-11-16(20-3)13-17(15)18/h10-11,13-14,18-19H,4-9,12H2,1-3H3. The summed E-state index contributed by atoms with van der Waals surface area (Å²) in [7, 11) is 1.75. The highest BCUT2D eigenvalue weighted by atomic mass is 16.5. The molecule has 0 fully saturated rings. The van der Waals surface area contributed by atoms with Crippen LogP contribution in [0.5, 0.6) is 5.75 Å². The Hall–Kier alpha value is -1.02. The smallest absolute Gasteiger partial charge is 0.119 e. The Kier molecular flexibility index (Phi) is 5.90. The van der Waals surface area contributed by atoms with Crippen molar-refractivity contribution in [1.29, 1.82) is 0 Å². The number of ether oxygens (including phenoxy) is 1. The Bertz CT molecular complexity index is 414. The van der Waals surface area contributed by atoms with Gasteiger partial charge in [0.2, 0.25) is 0 Å². The van der Waals surface area contributed by atoms with Crippen molar-refractivity contribution in [3.8, 4) is 5.75 Å². The first kappa shape index (κ1) is 15.4. The normalized spacial score (nSPS) is 18.1. The zero-order valence-electron chi connectivity index (χ0n) is 13.2. The Labute approximate surface area is 123 Å². The zero-order valence-corrected chi connectivity index (χ0v) is 13.2. The first-order valence-corrected chi connectivity index (χ1v) is 8.11. The first-order chi connectivity index (χ1) is 9.70. The summed E-state index contributed by atoms with van der Waals surface area (Å²) in [6, 6.07) is 7.07. The minimum atomic E-state index is 0.521. The summed E-state index contributed by atoms with van der Waals surface area (Å²) in [5, 5.41) is 3.75. The van der Waals surface area contributed by atoms with Gasteiger partial charge in [0.1, 0.15) is 5.75 Å². The minimum absolute atomic E-state index is 0.521. The second-order valence-electron chi connectivity index (χ2n) is 6.35. The fraction of sp³-hybridized carbons (Fsp3) is 0.667. The van der Waals surface area contributed by atoms with Gasteiger partial charge in [0, 0.05) is 6.04 Å². The average Bonchev–Trinajstić information content (AvgIpc) is 2.46. The lowest BCUT2D eigenvalue weighted by Crippen LogP contribution is -2.26. The van der Waals surface area contributed by atoms with Gasteiger partial charge in [0.25, 0.3) is 0 Å². The molecular weight excluding hydrogens is 246 g/mol. The number of hydrogen-bond acceptors (Lipinski definition) is 2. The molecule has 1 unspecified atom stereocenters. The van der Waals surface area contributed by atoms with Gasteiger partial charge >= 0.3 is 0 Å². The maximum absolute atomic E-state index is 5.37. The summed E-state index contributed by atoms with van der Waals surface area (Å²) >= 11 is 0. The molecule has 20 heavy (non-hydrogen) atoms. The summed E-state index contributed by atoms with van der Waals surface area (Å²) in [6.07, 6.45) is 7.73. The lowest BCUT2D eigenvalue weighted by Gasteiger charge is -2.27. The number of nitrogens with one attached hydrogen (secondary N) is 1. The topological polar surface area (TPSA) is 21.3 Å². The fourth-order valence-corrected chi connectivity index (χ4v) is 3.07. The van der Waals surface area contributed by atoms with Crippen LogP contribution in [0.25, 0.3) is 0 Å². The van der Waals surface area contributed by atoms with Crippen LogP contribution in [0.15, 0.2) is 18.2 Å². The molecule has 0 saturated carbocycles. The number of benzene rings is 1. The number of aryl methyl sites for hydroxylation is 1. The van der Waals surface area contributed by atoms with E-state index in [4.69, 9.17) is 4.74 Å². The van der Waals surface area contributed by atoms with Crippen molar-refractivity contribution in [2.24, 2.45) is 5.92 Å². The van der Waals surface area contributed by atoms with E-state index < -0.39 is 0 Å². The van der Waals surface area contributed by atoms with Crippen LogP contribution in [0.4, 0.5) is 0 Å². The quantitative estimate of drug-likeness (QED) is 0.740. The lowest BCUT2D eigenvalue weighted by molar-refractivity contribution is 0.407. The second kappa shape index (κ2) is 7.68. The van der Waals surface area contributed by atoms with Crippen LogP contribution < -0.4 is 10.1 Å². The second-order valence-corrected chi connectivity index (χ2v) is 6.35. The van der Waals surface area contributed by atoms with Crippen molar-refractivity contribution in [1.82, 2.24) is 5.32 Å². The van der Waals surface area contributed by atoms with Crippen molar-refractivity contribution < 1.29 is 4.74 Å². The van der Waals surface area contributed by atoms with Crippen LogP contribution >= 0.6 is 0 Å². The molecule has 2 rings (SSSR count). The molecule has 0 aliphatic heterocycles. The summed E-state index contributed by atoms with van der Waals surface area (Å²) in [4.78, 5) is 0. The third-order valence-corrected chi connectivity index (χ3v) is 4.27. The van der Waals surface area contributed by atoms with Gasteiger partial charge in [-0.2, -0.15) is 0 Å². The fourth-order valence-electron chi connectivity index (χ4n) is 3.07. The molecule has 1 aliphatic rings. The first-order valence-electron chi connectivity index (χ1n) is 8.11. The van der Waals surface area contributed by atoms with Gasteiger partial charge in [-0.15, -0.1) is 0 Å². The van der Waals surface area contributed by atoms with Crippen LogP contribution in [0, 0.1) is 5.92 Å². The summed E-state index contributed by atoms with van der Waals surface area (Å²) in [5.74, 6) is 1.81. The number of unbranched alkanes of at least 4 members (excludes halogenated alkanes) is 1. The molecule has 2 heteroatoms. The predicted molar refractivity (Wildman–Crippen MR) is 85.4 cm³/mol. The Morgan fingerprint density at radius 3 is 2.90 bits per heavy atom. The molecule has 0 spiro atoms. The third-order valence-electron chi connectivity index (χ3n) is 4.27. The highest BCUT2D eigenvalue weighted by molar-refractivity contribution is 5.39. The molecule has 1 N–H and O–H groups in total. The summed E-state index contributed by atoms with van der Waals surface area (Å²) in [5.41, 5.74) is 2.95. The van der Waals surface area contributed by atoms with E-state index >= 15 is 0 Å². The van der Waals surface area contributed by atoms with E-state index in [0.717, 1.165) is 18.2 Å². The van der Waals surface area contributed by atoms with E-state index in [-0.39, 0.29) is 0 Å². The van der Waals surface area contributed by atoms with Crippen molar-refractivity contribution in [3.05, 3.63) is 29.3 Å². The average molecular weight is 275 g/mol. The summed E-state index contributed by atoms with van der Waals surface area (Å²) in [6.45, 7) is 5.74. The van der Waals surface area contributed by atoms with E-state index in [1.165, 1.54) is 49.7 Å². The monoisotopic (exact) mass is 275 g/mol. The highest BCUT2D eigenvalue weighted by Gasteiger charge is 2.20. The molecule has 0 amide bonds. The lowest BCUT2D eigenvalue weighted by atomic mass is 9.87. The third kappa shape index (κ3) is 4.24. The Morgan fingerprint density at radius 1 is 1.30 bits per heavy atom. The van der Waals surface area contributed by atoms with Gasteiger partial charge in [0.15, 0.2) is 0 Å². The Morgan fingerprint density at radius 2 is 2.15 bits per heavy atom. The maximum Gasteiger partial charge on any atom is 0.119 e. The van der Waals surface area contributed by atoms with Gasteiger partial charge in [-0.3, -0.25) is 0 Å². The molecule has 0 saturated heterocycles. The van der Waals surface area contributed by atoms with Crippen molar-refractivity contribution in [3.63, 3.8) is 0 Å². The molecule has 1 aromatic rings. The van der Waals surface area contributed by atoms with E-state index in [9.17, 15) is 0 Å².